The summed E-state index contributed by atoms with van der Waals surface area (Å²) in [5.74, 6) is -1.93. The predicted octanol–water partition coefficient (Wildman–Crippen LogP) is -1.42. The van der Waals surface area contributed by atoms with Crippen molar-refractivity contribution in [1.82, 2.24) is 0 Å². The summed E-state index contributed by atoms with van der Waals surface area (Å²) in [5, 5.41) is 11.5. The zero-order valence-corrected chi connectivity index (χ0v) is 15.4. The molecule has 0 unspecified atom stereocenters. The van der Waals surface area contributed by atoms with Gasteiger partial charge in [-0.1, -0.05) is 0 Å². The topological polar surface area (TPSA) is 79.6 Å². The van der Waals surface area contributed by atoms with Gasteiger partial charge in [-0.05, 0) is 49.8 Å². The summed E-state index contributed by atoms with van der Waals surface area (Å²) in [6, 6.07) is 2.82. The van der Waals surface area contributed by atoms with E-state index in [1.807, 2.05) is 13.0 Å². The van der Waals surface area contributed by atoms with Crippen LogP contribution in [-0.4, -0.2) is 12.6 Å². The Morgan fingerprint density at radius 3 is 2.74 bits per heavy atom. The molecule has 5 nitrogen and oxygen atoms in total. The number of rotatable bonds is 4. The molecule has 2 aromatic rings. The number of hydrogen-bond donors (Lipinski definition) is 0. The molecular formula is C17H17NaO5. The molecule has 0 fully saturated rings. The molecule has 0 saturated heterocycles. The third-order valence-electron chi connectivity index (χ3n) is 4.10. The summed E-state index contributed by atoms with van der Waals surface area (Å²) in [6.45, 7) is 2.74. The number of carbonyl (C=O) groups is 1. The number of carboxylic acids is 1. The Hall–Kier alpha value is -1.14. The van der Waals surface area contributed by atoms with Gasteiger partial charge in [-0.25, -0.2) is 0 Å². The van der Waals surface area contributed by atoms with Crippen molar-refractivity contribution in [2.75, 3.05) is 6.61 Å². The molecule has 0 atom stereocenters. The standard InChI is InChI=1S/C17H18O5.Na/c1-2-21-9-13-11-6-4-3-5-10(11)7-12-14(18)8-15(17(19)20)22-16(12)13;/h7-8H,2-6,9H2,1H3,(H,19,20);/q;+1/p-1. The van der Waals surface area contributed by atoms with E-state index in [1.165, 1.54) is 0 Å². The van der Waals surface area contributed by atoms with Crippen molar-refractivity contribution in [2.24, 2.45) is 0 Å². The zero-order chi connectivity index (χ0) is 15.7. The van der Waals surface area contributed by atoms with Gasteiger partial charge in [-0.3, -0.25) is 4.79 Å². The van der Waals surface area contributed by atoms with Crippen molar-refractivity contribution in [1.29, 1.82) is 0 Å². The number of aromatic carboxylic acids is 1. The summed E-state index contributed by atoms with van der Waals surface area (Å²) in [7, 11) is 0. The maximum atomic E-state index is 12.2. The van der Waals surface area contributed by atoms with Crippen molar-refractivity contribution in [3.63, 3.8) is 0 Å². The van der Waals surface area contributed by atoms with Gasteiger partial charge in [0.2, 0.25) is 0 Å². The number of aryl methyl sites for hydroxylation is 1. The van der Waals surface area contributed by atoms with Gasteiger partial charge in [0, 0.05) is 18.2 Å². The van der Waals surface area contributed by atoms with Crippen molar-refractivity contribution in [2.45, 2.75) is 39.2 Å². The van der Waals surface area contributed by atoms with E-state index in [4.69, 9.17) is 9.15 Å². The summed E-state index contributed by atoms with van der Waals surface area (Å²) in [6.07, 6.45) is 3.98. The van der Waals surface area contributed by atoms with E-state index in [1.54, 1.807) is 0 Å². The van der Waals surface area contributed by atoms with E-state index in [-0.39, 0.29) is 35.0 Å². The molecule has 6 heteroatoms. The number of benzene rings is 1. The molecule has 1 aromatic carbocycles. The maximum absolute atomic E-state index is 12.2. The maximum Gasteiger partial charge on any atom is 1.00 e. The molecule has 0 radical (unpaired) electrons. The smallest absolute Gasteiger partial charge is 0.542 e. The summed E-state index contributed by atoms with van der Waals surface area (Å²) in [4.78, 5) is 23.3. The molecule has 0 bridgehead atoms. The van der Waals surface area contributed by atoms with Crippen LogP contribution in [0.4, 0.5) is 0 Å². The second kappa shape index (κ2) is 7.62. The van der Waals surface area contributed by atoms with Gasteiger partial charge in [0.15, 0.2) is 11.2 Å². The molecule has 0 saturated carbocycles. The van der Waals surface area contributed by atoms with Gasteiger partial charge in [0.25, 0.3) is 0 Å². The predicted molar refractivity (Wildman–Crippen MR) is 78.8 cm³/mol. The number of carbonyl (C=O) groups excluding carboxylic acids is 1. The zero-order valence-electron chi connectivity index (χ0n) is 13.4. The Kier molecular flexibility index (Phi) is 6.03. The van der Waals surface area contributed by atoms with E-state index in [0.29, 0.717) is 24.2 Å². The molecule has 116 valence electrons. The third kappa shape index (κ3) is 3.53. The summed E-state index contributed by atoms with van der Waals surface area (Å²) in [5.41, 5.74) is 3.04. The van der Waals surface area contributed by atoms with Crippen LogP contribution in [0.5, 0.6) is 0 Å². The van der Waals surface area contributed by atoms with Gasteiger partial charge < -0.3 is 19.1 Å². The van der Waals surface area contributed by atoms with Crippen LogP contribution < -0.4 is 40.1 Å². The second-order valence-electron chi connectivity index (χ2n) is 5.48. The monoisotopic (exact) mass is 324 g/mol. The normalized spacial score (nSPS) is 13.4. The van der Waals surface area contributed by atoms with E-state index in [0.717, 1.165) is 48.4 Å². The van der Waals surface area contributed by atoms with E-state index in [9.17, 15) is 14.7 Å². The molecule has 3 rings (SSSR count). The van der Waals surface area contributed by atoms with Crippen LogP contribution in [0.15, 0.2) is 21.3 Å². The number of carboxylic acid groups (broad SMARTS) is 1. The molecule has 0 aliphatic heterocycles. The van der Waals surface area contributed by atoms with Gasteiger partial charge in [0.05, 0.1) is 12.0 Å². The molecule has 1 aliphatic rings. The average Bonchev–Trinajstić information content (AvgIpc) is 2.52. The first-order chi connectivity index (χ1) is 10.6. The van der Waals surface area contributed by atoms with Gasteiger partial charge >= 0.3 is 29.6 Å². The molecule has 1 aliphatic carbocycles. The minimum atomic E-state index is -1.49. The first kappa shape index (κ1) is 18.2. The van der Waals surface area contributed by atoms with Crippen molar-refractivity contribution < 1.29 is 48.6 Å². The first-order valence-corrected chi connectivity index (χ1v) is 7.52. The van der Waals surface area contributed by atoms with Crippen LogP contribution in [0.1, 0.15) is 47.0 Å². The second-order valence-corrected chi connectivity index (χ2v) is 5.48. The Bertz CT molecular complexity index is 794. The fraction of sp³-hybridized carbons (Fsp3) is 0.412. The van der Waals surface area contributed by atoms with Gasteiger partial charge in [-0.15, -0.1) is 0 Å². The third-order valence-corrected chi connectivity index (χ3v) is 4.10. The van der Waals surface area contributed by atoms with Crippen LogP contribution in [0, 0.1) is 0 Å². The van der Waals surface area contributed by atoms with Crippen LogP contribution in [-0.2, 0) is 24.2 Å². The Morgan fingerprint density at radius 1 is 1.30 bits per heavy atom. The van der Waals surface area contributed by atoms with Crippen molar-refractivity contribution in [3.05, 3.63) is 44.8 Å². The van der Waals surface area contributed by atoms with Crippen LogP contribution in [0.25, 0.3) is 11.0 Å². The number of hydrogen-bond acceptors (Lipinski definition) is 5. The molecule has 1 heterocycles. The van der Waals surface area contributed by atoms with E-state index < -0.39 is 11.7 Å². The Balaban J connectivity index is 0.00000192. The fourth-order valence-corrected chi connectivity index (χ4v) is 3.07. The Morgan fingerprint density at radius 2 is 2.04 bits per heavy atom. The Labute approximate surface area is 155 Å². The number of ether oxygens (including phenoxy) is 1. The van der Waals surface area contributed by atoms with Crippen molar-refractivity contribution in [3.8, 4) is 0 Å². The molecule has 0 spiro atoms. The van der Waals surface area contributed by atoms with Gasteiger partial charge in [-0.2, -0.15) is 0 Å². The summed E-state index contributed by atoms with van der Waals surface area (Å²) >= 11 is 0. The summed E-state index contributed by atoms with van der Waals surface area (Å²) < 4.78 is 11.0. The fourth-order valence-electron chi connectivity index (χ4n) is 3.07. The van der Waals surface area contributed by atoms with E-state index >= 15 is 0 Å². The molecular weight excluding hydrogens is 307 g/mol. The van der Waals surface area contributed by atoms with Gasteiger partial charge in [0.1, 0.15) is 11.6 Å². The molecule has 0 amide bonds. The molecule has 23 heavy (non-hydrogen) atoms. The van der Waals surface area contributed by atoms with Crippen LogP contribution in [0.2, 0.25) is 0 Å². The van der Waals surface area contributed by atoms with Crippen LogP contribution in [0.3, 0.4) is 0 Å². The number of fused-ring (bicyclic) bond motifs is 2. The van der Waals surface area contributed by atoms with E-state index in [2.05, 4.69) is 0 Å². The largest absolute Gasteiger partial charge is 1.00 e. The molecule has 1 aromatic heterocycles. The minimum absolute atomic E-state index is 0. The quantitative estimate of drug-likeness (QED) is 0.645. The van der Waals surface area contributed by atoms with Crippen molar-refractivity contribution >= 4 is 16.9 Å². The average molecular weight is 324 g/mol. The SMILES string of the molecule is CCOCc1c2c(cc3c(=O)cc(C(=O)[O-])oc13)CCCC2.[Na+]. The minimum Gasteiger partial charge on any atom is -0.542 e. The molecule has 0 N–H and O–H groups in total. The van der Waals surface area contributed by atoms with Crippen LogP contribution >= 0.6 is 0 Å². The first-order valence-electron chi connectivity index (χ1n) is 7.52.